The highest BCUT2D eigenvalue weighted by molar-refractivity contribution is 6.03. The van der Waals surface area contributed by atoms with Crippen molar-refractivity contribution in [3.05, 3.63) is 65.7 Å². The Balaban J connectivity index is 1.80. The van der Waals surface area contributed by atoms with Crippen LogP contribution in [0.15, 0.2) is 59.7 Å². The molecule has 1 N–H and O–H groups in total. The fourth-order valence-corrected chi connectivity index (χ4v) is 3.36. The van der Waals surface area contributed by atoms with Gasteiger partial charge in [0.2, 0.25) is 11.8 Å². The summed E-state index contributed by atoms with van der Waals surface area (Å²) in [6.45, 7) is 3.80. The molecule has 2 aromatic rings. The van der Waals surface area contributed by atoms with Crippen LogP contribution in [0.4, 0.5) is 0 Å². The Kier molecular flexibility index (Phi) is 6.65. The molecule has 0 saturated carbocycles. The van der Waals surface area contributed by atoms with E-state index in [4.69, 9.17) is 4.74 Å². The van der Waals surface area contributed by atoms with Gasteiger partial charge < -0.3 is 10.1 Å². The number of hydrogen-bond acceptors (Lipinski definition) is 4. The Bertz CT molecular complexity index is 876. The molecule has 6 heteroatoms. The standard InChI is InChI=1S/C23H27N3O3/c1-16(2)24-22(27)13-14-23(28)26-21(18-9-11-19(29-3)12-10-18)15-20(25-26)17-7-5-4-6-8-17/h4-12,16,21H,13-15H2,1-3H3,(H,24,27). The lowest BCUT2D eigenvalue weighted by molar-refractivity contribution is -0.135. The van der Waals surface area contributed by atoms with Gasteiger partial charge in [-0.15, -0.1) is 0 Å². The van der Waals surface area contributed by atoms with Crippen molar-refractivity contribution in [2.45, 2.75) is 45.2 Å². The molecule has 2 aromatic carbocycles. The maximum atomic E-state index is 12.9. The summed E-state index contributed by atoms with van der Waals surface area (Å²) in [5.74, 6) is 0.482. The summed E-state index contributed by atoms with van der Waals surface area (Å²) in [6, 6.07) is 17.4. The molecule has 2 amide bonds. The SMILES string of the molecule is COc1ccc(C2CC(c3ccccc3)=NN2C(=O)CCC(=O)NC(C)C)cc1. The highest BCUT2D eigenvalue weighted by atomic mass is 16.5. The molecule has 1 heterocycles. The van der Waals surface area contributed by atoms with E-state index < -0.39 is 0 Å². The van der Waals surface area contributed by atoms with Crippen molar-refractivity contribution in [2.24, 2.45) is 5.10 Å². The molecule has 6 nitrogen and oxygen atoms in total. The number of nitrogens with one attached hydrogen (secondary N) is 1. The second kappa shape index (κ2) is 9.37. The van der Waals surface area contributed by atoms with E-state index in [-0.39, 0.29) is 36.7 Å². The fourth-order valence-electron chi connectivity index (χ4n) is 3.36. The molecule has 0 fully saturated rings. The first-order chi connectivity index (χ1) is 14.0. The molecule has 0 radical (unpaired) electrons. The number of rotatable bonds is 7. The fraction of sp³-hybridized carbons (Fsp3) is 0.348. The lowest BCUT2D eigenvalue weighted by Crippen LogP contribution is -2.32. The van der Waals surface area contributed by atoms with E-state index in [9.17, 15) is 9.59 Å². The second-order valence-electron chi connectivity index (χ2n) is 7.37. The number of methoxy groups -OCH3 is 1. The topological polar surface area (TPSA) is 71.0 Å². The van der Waals surface area contributed by atoms with Crippen LogP contribution in [0, 0.1) is 0 Å². The molecule has 0 aliphatic carbocycles. The number of carbonyl (C=O) groups is 2. The number of nitrogens with zero attached hydrogens (tertiary/aromatic N) is 2. The molecular formula is C23H27N3O3. The van der Waals surface area contributed by atoms with Crippen LogP contribution in [0.2, 0.25) is 0 Å². The van der Waals surface area contributed by atoms with E-state index in [1.165, 1.54) is 5.01 Å². The van der Waals surface area contributed by atoms with Crippen LogP contribution in [0.25, 0.3) is 0 Å². The molecule has 1 aliphatic heterocycles. The first kappa shape index (κ1) is 20.6. The van der Waals surface area contributed by atoms with Gasteiger partial charge in [0, 0.05) is 25.3 Å². The van der Waals surface area contributed by atoms with E-state index in [1.54, 1.807) is 7.11 Å². The molecule has 0 aromatic heterocycles. The Morgan fingerprint density at radius 1 is 1.10 bits per heavy atom. The van der Waals surface area contributed by atoms with Crippen LogP contribution in [-0.4, -0.2) is 35.7 Å². The first-order valence-electron chi connectivity index (χ1n) is 9.86. The Hall–Kier alpha value is -3.15. The predicted molar refractivity (Wildman–Crippen MR) is 113 cm³/mol. The van der Waals surface area contributed by atoms with Crippen LogP contribution < -0.4 is 10.1 Å². The average Bonchev–Trinajstić information content (AvgIpc) is 3.18. The van der Waals surface area contributed by atoms with Crippen LogP contribution in [-0.2, 0) is 9.59 Å². The van der Waals surface area contributed by atoms with Gasteiger partial charge in [0.1, 0.15) is 5.75 Å². The number of ether oxygens (including phenoxy) is 1. The third kappa shape index (κ3) is 5.22. The molecule has 152 valence electrons. The largest absolute Gasteiger partial charge is 0.497 e. The van der Waals surface area contributed by atoms with Gasteiger partial charge in [0.05, 0.1) is 18.9 Å². The summed E-state index contributed by atoms with van der Waals surface area (Å²) in [4.78, 5) is 24.9. The van der Waals surface area contributed by atoms with Gasteiger partial charge in [-0.05, 0) is 37.1 Å². The van der Waals surface area contributed by atoms with Crippen molar-refractivity contribution < 1.29 is 14.3 Å². The van der Waals surface area contributed by atoms with E-state index >= 15 is 0 Å². The first-order valence-corrected chi connectivity index (χ1v) is 9.86. The van der Waals surface area contributed by atoms with Crippen molar-refractivity contribution in [1.29, 1.82) is 0 Å². The zero-order valence-electron chi connectivity index (χ0n) is 17.1. The van der Waals surface area contributed by atoms with Gasteiger partial charge in [0.15, 0.2) is 0 Å². The molecule has 29 heavy (non-hydrogen) atoms. The van der Waals surface area contributed by atoms with E-state index in [0.29, 0.717) is 6.42 Å². The normalized spacial score (nSPS) is 15.9. The second-order valence-corrected chi connectivity index (χ2v) is 7.37. The van der Waals surface area contributed by atoms with E-state index in [2.05, 4.69) is 10.4 Å². The highest BCUT2D eigenvalue weighted by Gasteiger charge is 2.33. The Morgan fingerprint density at radius 2 is 1.79 bits per heavy atom. The van der Waals surface area contributed by atoms with E-state index in [0.717, 1.165) is 22.6 Å². The number of carbonyl (C=O) groups excluding carboxylic acids is 2. The Morgan fingerprint density at radius 3 is 2.41 bits per heavy atom. The minimum absolute atomic E-state index is 0.0548. The van der Waals surface area contributed by atoms with Crippen molar-refractivity contribution in [3.8, 4) is 5.75 Å². The van der Waals surface area contributed by atoms with Crippen LogP contribution in [0.5, 0.6) is 5.75 Å². The molecule has 1 aliphatic rings. The van der Waals surface area contributed by atoms with Gasteiger partial charge in [-0.25, -0.2) is 5.01 Å². The van der Waals surface area contributed by atoms with Crippen LogP contribution in [0.3, 0.4) is 0 Å². The number of amides is 2. The van der Waals surface area contributed by atoms with Gasteiger partial charge in [-0.3, -0.25) is 9.59 Å². The molecule has 0 saturated heterocycles. The molecular weight excluding hydrogens is 366 g/mol. The van der Waals surface area contributed by atoms with E-state index in [1.807, 2.05) is 68.4 Å². The molecule has 1 unspecified atom stereocenters. The minimum Gasteiger partial charge on any atom is -0.497 e. The quantitative estimate of drug-likeness (QED) is 0.780. The van der Waals surface area contributed by atoms with Crippen molar-refractivity contribution in [3.63, 3.8) is 0 Å². The third-order valence-corrected chi connectivity index (χ3v) is 4.79. The van der Waals surface area contributed by atoms with Gasteiger partial charge >= 0.3 is 0 Å². The van der Waals surface area contributed by atoms with Crippen molar-refractivity contribution in [2.75, 3.05) is 7.11 Å². The lowest BCUT2D eigenvalue weighted by Gasteiger charge is -2.22. The summed E-state index contributed by atoms with van der Waals surface area (Å²) >= 11 is 0. The summed E-state index contributed by atoms with van der Waals surface area (Å²) in [5, 5.41) is 8.99. The maximum Gasteiger partial charge on any atom is 0.243 e. The summed E-state index contributed by atoms with van der Waals surface area (Å²) < 4.78 is 5.24. The van der Waals surface area contributed by atoms with Crippen LogP contribution >= 0.6 is 0 Å². The van der Waals surface area contributed by atoms with Crippen molar-refractivity contribution >= 4 is 17.5 Å². The molecule has 3 rings (SSSR count). The van der Waals surface area contributed by atoms with Gasteiger partial charge in [-0.2, -0.15) is 5.10 Å². The molecule has 0 spiro atoms. The summed E-state index contributed by atoms with van der Waals surface area (Å²) in [6.07, 6.45) is 0.899. The molecule has 1 atom stereocenters. The maximum absolute atomic E-state index is 12.9. The van der Waals surface area contributed by atoms with Crippen LogP contribution in [0.1, 0.15) is 50.3 Å². The molecule has 0 bridgehead atoms. The monoisotopic (exact) mass is 393 g/mol. The smallest absolute Gasteiger partial charge is 0.243 e. The predicted octanol–water partition coefficient (Wildman–Crippen LogP) is 3.68. The zero-order valence-corrected chi connectivity index (χ0v) is 17.1. The Labute approximate surface area is 171 Å². The average molecular weight is 393 g/mol. The summed E-state index contributed by atoms with van der Waals surface area (Å²) in [5.41, 5.74) is 2.85. The number of hydrazone groups is 1. The minimum atomic E-state index is -0.197. The number of hydrogen-bond donors (Lipinski definition) is 1. The zero-order chi connectivity index (χ0) is 20.8. The number of benzene rings is 2. The highest BCUT2D eigenvalue weighted by Crippen LogP contribution is 2.34. The summed E-state index contributed by atoms with van der Waals surface area (Å²) in [7, 11) is 1.62. The van der Waals surface area contributed by atoms with Crippen molar-refractivity contribution in [1.82, 2.24) is 10.3 Å². The van der Waals surface area contributed by atoms with Gasteiger partial charge in [0.25, 0.3) is 0 Å². The third-order valence-electron chi connectivity index (χ3n) is 4.79. The lowest BCUT2D eigenvalue weighted by atomic mass is 9.98. The van der Waals surface area contributed by atoms with Gasteiger partial charge in [-0.1, -0.05) is 42.5 Å².